The van der Waals surface area contributed by atoms with E-state index in [1.165, 1.54) is 0 Å². The van der Waals surface area contributed by atoms with Gasteiger partial charge in [-0.2, -0.15) is 0 Å². The van der Waals surface area contributed by atoms with E-state index in [1.807, 2.05) is 0 Å². The summed E-state index contributed by atoms with van der Waals surface area (Å²) in [5.41, 5.74) is 0. The first-order valence-electron chi connectivity index (χ1n) is 5.12. The van der Waals surface area contributed by atoms with Crippen LogP contribution in [0.1, 0.15) is 19.8 Å². The molecule has 0 amide bonds. The molecule has 1 fully saturated rings. The molecule has 5 heteroatoms. The van der Waals surface area contributed by atoms with E-state index in [1.54, 1.807) is 23.3 Å². The summed E-state index contributed by atoms with van der Waals surface area (Å²) in [5.74, 6) is 0. The summed E-state index contributed by atoms with van der Waals surface area (Å²) >= 11 is 5.16. The molecule has 2 rings (SSSR count). The van der Waals surface area contributed by atoms with Crippen molar-refractivity contribution in [1.29, 1.82) is 0 Å². The zero-order valence-corrected chi connectivity index (χ0v) is 9.44. The third-order valence-electron chi connectivity index (χ3n) is 2.52. The van der Waals surface area contributed by atoms with E-state index in [4.69, 9.17) is 21.7 Å². The summed E-state index contributed by atoms with van der Waals surface area (Å²) in [4.78, 5) is 3.92. The minimum Gasteiger partial charge on any atom is -0.464 e. The van der Waals surface area contributed by atoms with Gasteiger partial charge in [0.1, 0.15) is 12.4 Å². The van der Waals surface area contributed by atoms with Gasteiger partial charge in [0.15, 0.2) is 0 Å². The van der Waals surface area contributed by atoms with Crippen molar-refractivity contribution in [3.05, 3.63) is 18.7 Å². The molecule has 1 aliphatic heterocycles. The Labute approximate surface area is 94.2 Å². The molecule has 4 nitrogen and oxygen atoms in total. The predicted molar refractivity (Wildman–Crippen MR) is 59.7 cm³/mol. The lowest BCUT2D eigenvalue weighted by molar-refractivity contribution is 0.0460. The fraction of sp³-hybridized carbons (Fsp3) is 0.600. The lowest BCUT2D eigenvalue weighted by atomic mass is 10.1. The van der Waals surface area contributed by atoms with Crippen LogP contribution in [0.25, 0.3) is 0 Å². The molecular formula is C10H14N2O2S. The smallest absolute Gasteiger partial charge is 0.269 e. The van der Waals surface area contributed by atoms with Gasteiger partial charge >= 0.3 is 0 Å². The highest BCUT2D eigenvalue weighted by atomic mass is 32.1. The minimum absolute atomic E-state index is 0.0879. The summed E-state index contributed by atoms with van der Waals surface area (Å²) in [6.45, 7) is 2.85. The molecule has 2 atom stereocenters. The lowest BCUT2D eigenvalue weighted by Gasteiger charge is -2.18. The van der Waals surface area contributed by atoms with E-state index in [0.717, 1.165) is 19.4 Å². The number of aromatic nitrogens is 2. The standard InChI is InChI=1S/C10H14N2O2S/c1-2-8-9(3-6-13-8)14-10(15)12-5-4-11-7-12/h4-5,7-9H,2-3,6H2,1H3/t8-,9?/m1/s1. The van der Waals surface area contributed by atoms with Crippen LogP contribution >= 0.6 is 12.2 Å². The van der Waals surface area contributed by atoms with Crippen molar-refractivity contribution in [1.82, 2.24) is 9.55 Å². The van der Waals surface area contributed by atoms with Crippen molar-refractivity contribution in [2.24, 2.45) is 0 Å². The molecule has 0 radical (unpaired) electrons. The van der Waals surface area contributed by atoms with Crippen LogP contribution in [0.2, 0.25) is 0 Å². The maximum absolute atomic E-state index is 5.69. The predicted octanol–water partition coefficient (Wildman–Crippen LogP) is 1.60. The fourth-order valence-corrected chi connectivity index (χ4v) is 1.93. The Morgan fingerprint density at radius 3 is 3.27 bits per heavy atom. The van der Waals surface area contributed by atoms with Crippen molar-refractivity contribution in [3.63, 3.8) is 0 Å². The normalized spacial score (nSPS) is 25.4. The zero-order chi connectivity index (χ0) is 10.7. The molecule has 1 aromatic heterocycles. The van der Waals surface area contributed by atoms with Crippen LogP contribution in [0.15, 0.2) is 18.7 Å². The molecule has 2 heterocycles. The van der Waals surface area contributed by atoms with Crippen LogP contribution in [0.5, 0.6) is 0 Å². The average molecular weight is 226 g/mol. The number of rotatable bonds is 2. The number of nitrogens with zero attached hydrogens (tertiary/aromatic N) is 2. The maximum atomic E-state index is 5.69. The summed E-state index contributed by atoms with van der Waals surface area (Å²) in [5, 5.41) is 0.446. The Bertz CT molecular complexity index is 326. The fourth-order valence-electron chi connectivity index (χ4n) is 1.70. The zero-order valence-electron chi connectivity index (χ0n) is 8.63. The third-order valence-corrected chi connectivity index (χ3v) is 2.83. The Morgan fingerprint density at radius 1 is 1.73 bits per heavy atom. The van der Waals surface area contributed by atoms with Gasteiger partial charge in [-0.05, 0) is 18.6 Å². The van der Waals surface area contributed by atoms with Crippen LogP contribution < -0.4 is 0 Å². The molecule has 1 aromatic rings. The molecule has 1 saturated heterocycles. The van der Waals surface area contributed by atoms with E-state index in [2.05, 4.69) is 11.9 Å². The molecular weight excluding hydrogens is 212 g/mol. The topological polar surface area (TPSA) is 36.3 Å². The first-order chi connectivity index (χ1) is 7.31. The molecule has 0 aromatic carbocycles. The second-order valence-corrected chi connectivity index (χ2v) is 3.85. The van der Waals surface area contributed by atoms with Gasteiger partial charge < -0.3 is 9.47 Å². The van der Waals surface area contributed by atoms with Crippen LogP contribution in [0.3, 0.4) is 0 Å². The molecule has 0 spiro atoms. The van der Waals surface area contributed by atoms with Crippen molar-refractivity contribution < 1.29 is 9.47 Å². The molecule has 0 saturated carbocycles. The number of imidazole rings is 1. The second kappa shape index (κ2) is 4.72. The van der Waals surface area contributed by atoms with E-state index in [0.29, 0.717) is 5.17 Å². The molecule has 15 heavy (non-hydrogen) atoms. The molecule has 1 unspecified atom stereocenters. The van der Waals surface area contributed by atoms with Gasteiger partial charge in [0.25, 0.3) is 5.17 Å². The largest absolute Gasteiger partial charge is 0.464 e. The Balaban J connectivity index is 1.94. The van der Waals surface area contributed by atoms with E-state index >= 15 is 0 Å². The van der Waals surface area contributed by atoms with Crippen LogP contribution in [0, 0.1) is 0 Å². The van der Waals surface area contributed by atoms with Gasteiger partial charge in [-0.25, -0.2) is 4.98 Å². The van der Waals surface area contributed by atoms with Gasteiger partial charge in [0.05, 0.1) is 12.7 Å². The Morgan fingerprint density at radius 2 is 2.60 bits per heavy atom. The van der Waals surface area contributed by atoms with Gasteiger partial charge in [0, 0.05) is 18.8 Å². The van der Waals surface area contributed by atoms with Crippen LogP contribution in [-0.2, 0) is 9.47 Å². The molecule has 0 aliphatic carbocycles. The Hall–Kier alpha value is -0.940. The van der Waals surface area contributed by atoms with Gasteiger partial charge in [0.2, 0.25) is 0 Å². The Kier molecular flexibility index (Phi) is 3.33. The SMILES string of the molecule is CC[C@H]1OCCC1OC(=S)n1ccnc1. The molecule has 82 valence electrons. The van der Waals surface area contributed by atoms with Gasteiger partial charge in [-0.15, -0.1) is 0 Å². The molecule has 1 aliphatic rings. The highest BCUT2D eigenvalue weighted by molar-refractivity contribution is 7.80. The van der Waals surface area contributed by atoms with E-state index < -0.39 is 0 Å². The highest BCUT2D eigenvalue weighted by Crippen LogP contribution is 2.20. The summed E-state index contributed by atoms with van der Waals surface area (Å²) in [7, 11) is 0. The van der Waals surface area contributed by atoms with Crippen LogP contribution in [-0.4, -0.2) is 33.5 Å². The number of hydrogen-bond donors (Lipinski definition) is 0. The van der Waals surface area contributed by atoms with Crippen molar-refractivity contribution in [3.8, 4) is 0 Å². The second-order valence-electron chi connectivity index (χ2n) is 3.50. The quantitative estimate of drug-likeness (QED) is 0.718. The first kappa shape index (κ1) is 10.6. The summed E-state index contributed by atoms with van der Waals surface area (Å²) in [6.07, 6.45) is 7.22. The highest BCUT2D eigenvalue weighted by Gasteiger charge is 2.29. The van der Waals surface area contributed by atoms with E-state index in [-0.39, 0.29) is 12.2 Å². The number of hydrogen-bond acceptors (Lipinski definition) is 4. The van der Waals surface area contributed by atoms with Crippen molar-refractivity contribution in [2.75, 3.05) is 6.61 Å². The molecule has 0 bridgehead atoms. The summed E-state index contributed by atoms with van der Waals surface area (Å²) < 4.78 is 12.9. The van der Waals surface area contributed by atoms with Gasteiger partial charge in [-0.3, -0.25) is 4.57 Å². The summed E-state index contributed by atoms with van der Waals surface area (Å²) in [6, 6.07) is 0. The number of ether oxygens (including phenoxy) is 2. The minimum atomic E-state index is 0.0879. The lowest BCUT2D eigenvalue weighted by Crippen LogP contribution is -2.28. The maximum Gasteiger partial charge on any atom is 0.269 e. The average Bonchev–Trinajstić information content (AvgIpc) is 2.87. The van der Waals surface area contributed by atoms with Crippen molar-refractivity contribution in [2.45, 2.75) is 32.0 Å². The monoisotopic (exact) mass is 226 g/mol. The van der Waals surface area contributed by atoms with E-state index in [9.17, 15) is 0 Å². The first-order valence-corrected chi connectivity index (χ1v) is 5.52. The molecule has 0 N–H and O–H groups in total. The van der Waals surface area contributed by atoms with Crippen molar-refractivity contribution >= 4 is 17.4 Å². The van der Waals surface area contributed by atoms with Crippen LogP contribution in [0.4, 0.5) is 0 Å². The number of thiocarbonyl (C=S) groups is 1. The van der Waals surface area contributed by atoms with Gasteiger partial charge in [-0.1, -0.05) is 6.92 Å². The third kappa shape index (κ3) is 2.35.